The van der Waals surface area contributed by atoms with Crippen LogP contribution in [0.15, 0.2) is 23.7 Å². The van der Waals surface area contributed by atoms with E-state index in [1.807, 2.05) is 13.8 Å². The molecule has 0 saturated heterocycles. The Bertz CT molecular complexity index is 662. The number of nitrogens with zero attached hydrogens (tertiary/aromatic N) is 5. The van der Waals surface area contributed by atoms with Gasteiger partial charge in [0, 0.05) is 24.4 Å². The zero-order valence-electron chi connectivity index (χ0n) is 10.3. The summed E-state index contributed by atoms with van der Waals surface area (Å²) in [5, 5.41) is 4.00. The number of aromatic nitrogens is 5. The molecule has 8 heteroatoms. The highest BCUT2D eigenvalue weighted by Gasteiger charge is 2.13. The maximum Gasteiger partial charge on any atom is 0.248 e. The minimum atomic E-state index is -3.43. The predicted octanol–water partition coefficient (Wildman–Crippen LogP) is 0.584. The van der Waals surface area contributed by atoms with Gasteiger partial charge in [-0.15, -0.1) is 5.10 Å². The second-order valence-corrected chi connectivity index (χ2v) is 6.08. The molecule has 7 nitrogen and oxygen atoms in total. The molecule has 0 aliphatic heterocycles. The van der Waals surface area contributed by atoms with Crippen LogP contribution < -0.4 is 0 Å². The van der Waals surface area contributed by atoms with E-state index in [0.717, 1.165) is 6.26 Å². The first-order valence-electron chi connectivity index (χ1n) is 5.33. The Morgan fingerprint density at radius 2 is 2.00 bits per heavy atom. The average Bonchev–Trinajstić information content (AvgIpc) is 2.77. The first-order chi connectivity index (χ1) is 8.38. The molecule has 0 fully saturated rings. The first kappa shape index (κ1) is 12.6. The van der Waals surface area contributed by atoms with E-state index in [1.165, 1.54) is 17.2 Å². The molecular weight excluding hydrogens is 254 g/mol. The van der Waals surface area contributed by atoms with Crippen LogP contribution in [0.25, 0.3) is 5.82 Å². The van der Waals surface area contributed by atoms with E-state index >= 15 is 0 Å². The van der Waals surface area contributed by atoms with Crippen molar-refractivity contribution in [3.05, 3.63) is 24.4 Å². The topological polar surface area (TPSA) is 90.6 Å². The molecule has 0 amide bonds. The lowest BCUT2D eigenvalue weighted by molar-refractivity contribution is 0.591. The third-order valence-electron chi connectivity index (χ3n) is 2.21. The highest BCUT2D eigenvalue weighted by Crippen LogP contribution is 2.10. The molecular formula is C10H13N5O2S. The summed E-state index contributed by atoms with van der Waals surface area (Å²) in [6.07, 6.45) is 3.95. The smallest absolute Gasteiger partial charge is 0.227 e. The highest BCUT2D eigenvalue weighted by atomic mass is 32.2. The van der Waals surface area contributed by atoms with Gasteiger partial charge in [-0.3, -0.25) is 0 Å². The van der Waals surface area contributed by atoms with Gasteiger partial charge < -0.3 is 0 Å². The van der Waals surface area contributed by atoms with Crippen LogP contribution >= 0.6 is 0 Å². The summed E-state index contributed by atoms with van der Waals surface area (Å²) in [5.74, 6) is 1.25. The zero-order valence-corrected chi connectivity index (χ0v) is 11.1. The summed E-state index contributed by atoms with van der Waals surface area (Å²) in [6.45, 7) is 3.95. The maximum absolute atomic E-state index is 11.4. The van der Waals surface area contributed by atoms with Gasteiger partial charge >= 0.3 is 0 Å². The summed E-state index contributed by atoms with van der Waals surface area (Å²) in [4.78, 5) is 11.8. The van der Waals surface area contributed by atoms with Gasteiger partial charge in [-0.25, -0.2) is 23.1 Å². The van der Waals surface area contributed by atoms with Crippen molar-refractivity contribution in [3.8, 4) is 5.82 Å². The lowest BCUT2D eigenvalue weighted by atomic mass is 10.2. The van der Waals surface area contributed by atoms with Gasteiger partial charge in [0.1, 0.15) is 6.33 Å². The molecule has 2 aromatic rings. The molecule has 18 heavy (non-hydrogen) atoms. The van der Waals surface area contributed by atoms with Crippen LogP contribution in [0.2, 0.25) is 0 Å². The molecule has 0 atom stereocenters. The van der Waals surface area contributed by atoms with Crippen LogP contribution in [0.5, 0.6) is 0 Å². The van der Waals surface area contributed by atoms with E-state index in [9.17, 15) is 8.42 Å². The lowest BCUT2D eigenvalue weighted by Crippen LogP contribution is -2.08. The van der Waals surface area contributed by atoms with Crippen molar-refractivity contribution in [1.82, 2.24) is 24.7 Å². The van der Waals surface area contributed by atoms with E-state index < -0.39 is 9.84 Å². The maximum atomic E-state index is 11.4. The molecule has 0 spiro atoms. The monoisotopic (exact) mass is 267 g/mol. The molecule has 0 N–H and O–H groups in total. The van der Waals surface area contributed by atoms with Gasteiger partial charge in [-0.1, -0.05) is 13.8 Å². The molecule has 0 aliphatic carbocycles. The van der Waals surface area contributed by atoms with Crippen LogP contribution in [0.1, 0.15) is 25.6 Å². The Balaban J connectivity index is 2.45. The largest absolute Gasteiger partial charge is 0.248 e. The highest BCUT2D eigenvalue weighted by molar-refractivity contribution is 7.90. The van der Waals surface area contributed by atoms with Gasteiger partial charge in [-0.2, -0.15) is 4.98 Å². The van der Waals surface area contributed by atoms with Gasteiger partial charge in [-0.05, 0) is 0 Å². The SMILES string of the molecule is CC(C)c1ncn(-c2ccnc(S(C)(=O)=O)n2)n1. The van der Waals surface area contributed by atoms with Gasteiger partial charge in [0.2, 0.25) is 15.0 Å². The second-order valence-electron chi connectivity index (χ2n) is 4.17. The van der Waals surface area contributed by atoms with E-state index in [1.54, 1.807) is 6.07 Å². The second kappa shape index (κ2) is 4.45. The standard InChI is InChI=1S/C10H13N5O2S/c1-7(2)9-12-6-15(14-9)8-4-5-11-10(13-8)18(3,16)17/h4-7H,1-3H3. The molecule has 0 bridgehead atoms. The van der Waals surface area contributed by atoms with Crippen molar-refractivity contribution < 1.29 is 8.42 Å². The van der Waals surface area contributed by atoms with E-state index in [0.29, 0.717) is 11.6 Å². The molecule has 0 saturated carbocycles. The van der Waals surface area contributed by atoms with Crippen LogP contribution in [0.3, 0.4) is 0 Å². The van der Waals surface area contributed by atoms with Crippen LogP contribution in [0, 0.1) is 0 Å². The van der Waals surface area contributed by atoms with Crippen molar-refractivity contribution in [2.24, 2.45) is 0 Å². The number of hydrogen-bond acceptors (Lipinski definition) is 6. The number of rotatable bonds is 3. The van der Waals surface area contributed by atoms with Crippen molar-refractivity contribution in [1.29, 1.82) is 0 Å². The fourth-order valence-electron chi connectivity index (χ4n) is 1.29. The Labute approximate surface area is 105 Å². The van der Waals surface area contributed by atoms with E-state index in [4.69, 9.17) is 0 Å². The molecule has 2 rings (SSSR count). The Kier molecular flexibility index (Phi) is 3.12. The van der Waals surface area contributed by atoms with Crippen molar-refractivity contribution in [2.75, 3.05) is 6.26 Å². The van der Waals surface area contributed by atoms with Crippen LogP contribution in [-0.2, 0) is 9.84 Å². The summed E-state index contributed by atoms with van der Waals surface area (Å²) in [6, 6.07) is 1.58. The minimum Gasteiger partial charge on any atom is -0.227 e. The normalized spacial score (nSPS) is 12.0. The van der Waals surface area contributed by atoms with Gasteiger partial charge in [0.05, 0.1) is 0 Å². The Morgan fingerprint density at radius 3 is 2.56 bits per heavy atom. The van der Waals surface area contributed by atoms with E-state index in [2.05, 4.69) is 20.1 Å². The van der Waals surface area contributed by atoms with Crippen LogP contribution in [-0.4, -0.2) is 39.4 Å². The summed E-state index contributed by atoms with van der Waals surface area (Å²) in [5.41, 5.74) is 0. The molecule has 96 valence electrons. The molecule has 0 aliphatic rings. The zero-order chi connectivity index (χ0) is 13.3. The summed E-state index contributed by atoms with van der Waals surface area (Å²) in [7, 11) is -3.43. The van der Waals surface area contributed by atoms with Crippen molar-refractivity contribution >= 4 is 9.84 Å². The van der Waals surface area contributed by atoms with E-state index in [-0.39, 0.29) is 11.1 Å². The molecule has 2 heterocycles. The summed E-state index contributed by atoms with van der Waals surface area (Å²) >= 11 is 0. The number of sulfone groups is 1. The minimum absolute atomic E-state index is 0.197. The fraction of sp³-hybridized carbons (Fsp3) is 0.400. The number of hydrogen-bond donors (Lipinski definition) is 0. The first-order valence-corrected chi connectivity index (χ1v) is 7.22. The molecule has 0 aromatic carbocycles. The summed E-state index contributed by atoms with van der Waals surface area (Å²) < 4.78 is 24.2. The fourth-order valence-corrected chi connectivity index (χ4v) is 1.80. The molecule has 0 unspecified atom stereocenters. The molecule has 2 aromatic heterocycles. The average molecular weight is 267 g/mol. The third-order valence-corrected chi connectivity index (χ3v) is 3.07. The van der Waals surface area contributed by atoms with Crippen molar-refractivity contribution in [3.63, 3.8) is 0 Å². The lowest BCUT2D eigenvalue weighted by Gasteiger charge is -2.01. The van der Waals surface area contributed by atoms with Crippen LogP contribution in [0.4, 0.5) is 0 Å². The molecule has 0 radical (unpaired) electrons. The predicted molar refractivity (Wildman–Crippen MR) is 64.1 cm³/mol. The van der Waals surface area contributed by atoms with Gasteiger partial charge in [0.25, 0.3) is 0 Å². The third kappa shape index (κ3) is 2.53. The van der Waals surface area contributed by atoms with Crippen molar-refractivity contribution in [2.45, 2.75) is 24.9 Å². The van der Waals surface area contributed by atoms with Gasteiger partial charge in [0.15, 0.2) is 11.6 Å². The Hall–Kier alpha value is -1.83. The Morgan fingerprint density at radius 1 is 1.28 bits per heavy atom. The quantitative estimate of drug-likeness (QED) is 0.756.